The molecular formula is C14H15N5O. The number of aryl methyl sites for hydroxylation is 3. The molecule has 0 N–H and O–H groups in total. The molecule has 3 aromatic heterocycles. The van der Waals surface area contributed by atoms with E-state index in [1.165, 1.54) is 0 Å². The van der Waals surface area contributed by atoms with Crippen LogP contribution in [0, 0.1) is 13.8 Å². The third-order valence-electron chi connectivity index (χ3n) is 3.39. The fraction of sp³-hybridized carbons (Fsp3) is 0.286. The normalized spacial score (nSPS) is 11.2. The molecule has 0 saturated carbocycles. The molecule has 0 spiro atoms. The summed E-state index contributed by atoms with van der Waals surface area (Å²) >= 11 is 0. The quantitative estimate of drug-likeness (QED) is 0.701. The van der Waals surface area contributed by atoms with Gasteiger partial charge in [0.05, 0.1) is 12.7 Å². The Labute approximate surface area is 115 Å². The Morgan fingerprint density at radius 2 is 2.05 bits per heavy atom. The van der Waals surface area contributed by atoms with Gasteiger partial charge in [-0.2, -0.15) is 5.10 Å². The van der Waals surface area contributed by atoms with E-state index in [-0.39, 0.29) is 5.56 Å². The zero-order valence-electron chi connectivity index (χ0n) is 11.7. The molecule has 0 aliphatic carbocycles. The molecule has 102 valence electrons. The lowest BCUT2D eigenvalue weighted by molar-refractivity contribution is 0.730. The predicted octanol–water partition coefficient (Wildman–Crippen LogP) is 1.19. The van der Waals surface area contributed by atoms with Crippen LogP contribution in [-0.4, -0.2) is 24.3 Å². The van der Waals surface area contributed by atoms with Gasteiger partial charge in [-0.25, -0.2) is 4.98 Å². The minimum atomic E-state index is -0.0805. The smallest absolute Gasteiger partial charge is 0.264 e. The summed E-state index contributed by atoms with van der Waals surface area (Å²) in [6.45, 7) is 4.37. The standard InChI is InChI=1S/C14H15N5O/c1-9-4-5-11(10(2)17-9)7-19-8-15-13-12(14(19)20)6-16-18(13)3/h4-6,8H,7H2,1-3H3. The van der Waals surface area contributed by atoms with Crippen LogP contribution in [0.1, 0.15) is 17.0 Å². The first-order chi connectivity index (χ1) is 9.56. The van der Waals surface area contributed by atoms with Crippen LogP contribution in [-0.2, 0) is 13.6 Å². The second kappa shape index (κ2) is 4.56. The Morgan fingerprint density at radius 1 is 1.25 bits per heavy atom. The second-order valence-electron chi connectivity index (χ2n) is 4.88. The minimum Gasteiger partial charge on any atom is -0.294 e. The van der Waals surface area contributed by atoms with Crippen molar-refractivity contribution in [1.29, 1.82) is 0 Å². The first-order valence-electron chi connectivity index (χ1n) is 6.36. The minimum absolute atomic E-state index is 0.0805. The number of rotatable bonds is 2. The van der Waals surface area contributed by atoms with E-state index in [9.17, 15) is 4.79 Å². The number of nitrogens with zero attached hydrogens (tertiary/aromatic N) is 5. The summed E-state index contributed by atoms with van der Waals surface area (Å²) in [7, 11) is 1.77. The van der Waals surface area contributed by atoms with E-state index in [4.69, 9.17) is 0 Å². The molecule has 0 saturated heterocycles. The predicted molar refractivity (Wildman–Crippen MR) is 75.6 cm³/mol. The van der Waals surface area contributed by atoms with E-state index >= 15 is 0 Å². The van der Waals surface area contributed by atoms with Crippen LogP contribution < -0.4 is 5.56 Å². The van der Waals surface area contributed by atoms with Crippen LogP contribution in [0.15, 0.2) is 29.5 Å². The summed E-state index contributed by atoms with van der Waals surface area (Å²) in [6.07, 6.45) is 3.12. The van der Waals surface area contributed by atoms with E-state index in [0.717, 1.165) is 17.0 Å². The molecular weight excluding hydrogens is 254 g/mol. The topological polar surface area (TPSA) is 65.6 Å². The first-order valence-corrected chi connectivity index (χ1v) is 6.36. The van der Waals surface area contributed by atoms with Crippen LogP contribution in [0.5, 0.6) is 0 Å². The number of hydrogen-bond donors (Lipinski definition) is 0. The lowest BCUT2D eigenvalue weighted by Crippen LogP contribution is -2.21. The summed E-state index contributed by atoms with van der Waals surface area (Å²) in [6, 6.07) is 3.95. The van der Waals surface area contributed by atoms with Crippen molar-refractivity contribution in [3.8, 4) is 0 Å². The molecule has 3 heterocycles. The Kier molecular flexibility index (Phi) is 2.85. The molecule has 6 heteroatoms. The zero-order chi connectivity index (χ0) is 14.3. The highest BCUT2D eigenvalue weighted by molar-refractivity contribution is 5.72. The van der Waals surface area contributed by atoms with Gasteiger partial charge < -0.3 is 0 Å². The van der Waals surface area contributed by atoms with E-state index in [2.05, 4.69) is 15.1 Å². The van der Waals surface area contributed by atoms with Crippen LogP contribution >= 0.6 is 0 Å². The molecule has 0 bridgehead atoms. The number of aromatic nitrogens is 5. The number of pyridine rings is 1. The zero-order valence-corrected chi connectivity index (χ0v) is 11.7. The van der Waals surface area contributed by atoms with Gasteiger partial charge in [0.15, 0.2) is 5.65 Å². The van der Waals surface area contributed by atoms with E-state index in [0.29, 0.717) is 17.6 Å². The maximum absolute atomic E-state index is 12.4. The van der Waals surface area contributed by atoms with Gasteiger partial charge in [0.25, 0.3) is 5.56 Å². The summed E-state index contributed by atoms with van der Waals surface area (Å²) in [5.74, 6) is 0. The molecule has 0 atom stereocenters. The van der Waals surface area contributed by atoms with Crippen molar-refractivity contribution in [2.24, 2.45) is 7.05 Å². The average Bonchev–Trinajstić information content (AvgIpc) is 2.78. The third kappa shape index (κ3) is 1.99. The molecule has 0 amide bonds. The van der Waals surface area contributed by atoms with Crippen LogP contribution in [0.4, 0.5) is 0 Å². The van der Waals surface area contributed by atoms with Crippen molar-refractivity contribution in [2.75, 3.05) is 0 Å². The second-order valence-corrected chi connectivity index (χ2v) is 4.88. The van der Waals surface area contributed by atoms with E-state index in [1.807, 2.05) is 26.0 Å². The maximum Gasteiger partial charge on any atom is 0.264 e. The highest BCUT2D eigenvalue weighted by Gasteiger charge is 2.09. The Morgan fingerprint density at radius 3 is 2.80 bits per heavy atom. The molecule has 0 radical (unpaired) electrons. The van der Waals surface area contributed by atoms with Gasteiger partial charge in [-0.1, -0.05) is 6.07 Å². The summed E-state index contributed by atoms with van der Waals surface area (Å²) < 4.78 is 3.18. The molecule has 6 nitrogen and oxygen atoms in total. The molecule has 20 heavy (non-hydrogen) atoms. The van der Waals surface area contributed by atoms with Crippen molar-refractivity contribution in [3.63, 3.8) is 0 Å². The van der Waals surface area contributed by atoms with Gasteiger partial charge in [-0.3, -0.25) is 19.0 Å². The molecule has 0 fully saturated rings. The number of fused-ring (bicyclic) bond motifs is 1. The fourth-order valence-corrected chi connectivity index (χ4v) is 2.25. The van der Waals surface area contributed by atoms with Gasteiger partial charge in [-0.15, -0.1) is 0 Å². The van der Waals surface area contributed by atoms with Gasteiger partial charge in [0.1, 0.15) is 11.7 Å². The van der Waals surface area contributed by atoms with Crippen molar-refractivity contribution in [3.05, 3.63) is 52.0 Å². The fourth-order valence-electron chi connectivity index (χ4n) is 2.25. The van der Waals surface area contributed by atoms with E-state index in [1.54, 1.807) is 28.8 Å². The largest absolute Gasteiger partial charge is 0.294 e. The highest BCUT2D eigenvalue weighted by atomic mass is 16.1. The Hall–Kier alpha value is -2.50. The van der Waals surface area contributed by atoms with Crippen molar-refractivity contribution < 1.29 is 0 Å². The summed E-state index contributed by atoms with van der Waals surface area (Å²) in [4.78, 5) is 21.1. The van der Waals surface area contributed by atoms with Crippen LogP contribution in [0.2, 0.25) is 0 Å². The van der Waals surface area contributed by atoms with Crippen LogP contribution in [0.3, 0.4) is 0 Å². The molecule has 0 aromatic carbocycles. The van der Waals surface area contributed by atoms with Gasteiger partial charge >= 0.3 is 0 Å². The average molecular weight is 269 g/mol. The molecule has 3 aromatic rings. The lowest BCUT2D eigenvalue weighted by Gasteiger charge is -2.08. The van der Waals surface area contributed by atoms with Crippen molar-refractivity contribution in [2.45, 2.75) is 20.4 Å². The van der Waals surface area contributed by atoms with Crippen molar-refractivity contribution >= 4 is 11.0 Å². The number of hydrogen-bond acceptors (Lipinski definition) is 4. The third-order valence-corrected chi connectivity index (χ3v) is 3.39. The van der Waals surface area contributed by atoms with Gasteiger partial charge in [0, 0.05) is 18.4 Å². The molecule has 3 rings (SSSR count). The van der Waals surface area contributed by atoms with Gasteiger partial charge in [-0.05, 0) is 25.5 Å². The molecule has 0 aliphatic heterocycles. The van der Waals surface area contributed by atoms with Gasteiger partial charge in [0.2, 0.25) is 0 Å². The van der Waals surface area contributed by atoms with Crippen molar-refractivity contribution in [1.82, 2.24) is 24.3 Å². The molecule has 0 aliphatic rings. The Balaban J connectivity index is 2.07. The summed E-state index contributed by atoms with van der Waals surface area (Å²) in [5.41, 5.74) is 3.44. The Bertz CT molecular complexity index is 846. The molecule has 0 unspecified atom stereocenters. The highest BCUT2D eigenvalue weighted by Crippen LogP contribution is 2.09. The SMILES string of the molecule is Cc1ccc(Cn2cnc3c(cnn3C)c2=O)c(C)n1. The summed E-state index contributed by atoms with van der Waals surface area (Å²) in [5, 5.41) is 4.60. The van der Waals surface area contributed by atoms with Crippen LogP contribution in [0.25, 0.3) is 11.0 Å². The lowest BCUT2D eigenvalue weighted by atomic mass is 10.2. The monoisotopic (exact) mass is 269 g/mol. The first kappa shape index (κ1) is 12.5. The van der Waals surface area contributed by atoms with E-state index < -0.39 is 0 Å². The maximum atomic E-state index is 12.4.